The summed E-state index contributed by atoms with van der Waals surface area (Å²) in [7, 11) is 0. The molecule has 0 aromatic heterocycles. The van der Waals surface area contributed by atoms with E-state index in [0.717, 1.165) is 44.3 Å². The van der Waals surface area contributed by atoms with Gasteiger partial charge in [-0.15, -0.1) is 0 Å². The zero-order valence-corrected chi connectivity index (χ0v) is 14.7. The van der Waals surface area contributed by atoms with Crippen LogP contribution in [0, 0.1) is 12.8 Å². The van der Waals surface area contributed by atoms with Crippen LogP contribution in [0.25, 0.3) is 0 Å². The molecule has 2 aromatic carbocycles. The number of rotatable bonds is 7. The Labute approximate surface area is 151 Å². The van der Waals surface area contributed by atoms with E-state index in [4.69, 9.17) is 0 Å². The molecule has 1 amide bonds. The van der Waals surface area contributed by atoms with Crippen LogP contribution >= 0.6 is 0 Å². The van der Waals surface area contributed by atoms with E-state index in [1.165, 1.54) is 5.56 Å². The molecule has 1 aliphatic rings. The fourth-order valence-corrected chi connectivity index (χ4v) is 4.01. The molecule has 1 aliphatic heterocycles. The fourth-order valence-electron chi connectivity index (χ4n) is 4.01. The van der Waals surface area contributed by atoms with Crippen LogP contribution in [0.3, 0.4) is 0 Å². The molecule has 1 saturated heterocycles. The number of amides is 1. The van der Waals surface area contributed by atoms with Gasteiger partial charge in [0.15, 0.2) is 0 Å². The van der Waals surface area contributed by atoms with Crippen molar-refractivity contribution >= 4 is 6.41 Å². The first kappa shape index (κ1) is 17.7. The Hall–Kier alpha value is -2.13. The second kappa shape index (κ2) is 8.30. The third-order valence-corrected chi connectivity index (χ3v) is 5.43. The van der Waals surface area contributed by atoms with Gasteiger partial charge >= 0.3 is 0 Å². The van der Waals surface area contributed by atoms with Crippen molar-refractivity contribution in [3.63, 3.8) is 0 Å². The summed E-state index contributed by atoms with van der Waals surface area (Å²) >= 11 is 0. The first-order chi connectivity index (χ1) is 12.3. The summed E-state index contributed by atoms with van der Waals surface area (Å²) in [6, 6.07) is 20.9. The molecule has 1 atom stereocenters. The Morgan fingerprint density at radius 3 is 2.20 bits per heavy atom. The third kappa shape index (κ3) is 3.93. The summed E-state index contributed by atoms with van der Waals surface area (Å²) in [5.74, 6) is 0.702. The van der Waals surface area contributed by atoms with Crippen molar-refractivity contribution in [2.45, 2.75) is 31.3 Å². The highest BCUT2D eigenvalue weighted by Crippen LogP contribution is 2.33. The summed E-state index contributed by atoms with van der Waals surface area (Å²) in [5.41, 5.74) is 2.03. The van der Waals surface area contributed by atoms with Gasteiger partial charge in [0.05, 0.1) is 0 Å². The van der Waals surface area contributed by atoms with Gasteiger partial charge in [-0.25, -0.2) is 0 Å². The average molecular weight is 335 g/mol. The molecule has 1 fully saturated rings. The monoisotopic (exact) mass is 335 g/mol. The average Bonchev–Trinajstić information content (AvgIpc) is 2.68. The molecule has 1 radical (unpaired) electrons. The van der Waals surface area contributed by atoms with E-state index in [1.54, 1.807) is 0 Å². The number of carbonyl (C=O) groups is 1. The standard InChI is InChI=1S/C22H27N2O/c1-2-22(23-18-25,21-11-7-4-8-12-21)24-15-13-20(14-16-24)17-19-9-5-3-6-10-19/h3-12,18,20H,1-2,13-17H2,(H,23,25). The van der Waals surface area contributed by atoms with Crippen LogP contribution in [-0.2, 0) is 16.9 Å². The lowest BCUT2D eigenvalue weighted by atomic mass is 9.86. The topological polar surface area (TPSA) is 32.3 Å². The molecule has 3 rings (SSSR count). The van der Waals surface area contributed by atoms with Crippen LogP contribution in [0.4, 0.5) is 0 Å². The molecule has 1 heterocycles. The Morgan fingerprint density at radius 2 is 1.64 bits per heavy atom. The number of carbonyl (C=O) groups excluding carboxylic acids is 1. The van der Waals surface area contributed by atoms with E-state index in [1.807, 2.05) is 18.2 Å². The van der Waals surface area contributed by atoms with Crippen LogP contribution in [0.1, 0.15) is 30.4 Å². The maximum Gasteiger partial charge on any atom is 0.208 e. The summed E-state index contributed by atoms with van der Waals surface area (Å²) in [6.45, 7) is 6.10. The van der Waals surface area contributed by atoms with Gasteiger partial charge in [-0.1, -0.05) is 60.7 Å². The minimum Gasteiger partial charge on any atom is -0.336 e. The van der Waals surface area contributed by atoms with Crippen LogP contribution < -0.4 is 5.32 Å². The molecule has 3 nitrogen and oxygen atoms in total. The molecule has 1 unspecified atom stereocenters. The molecule has 131 valence electrons. The lowest BCUT2D eigenvalue weighted by molar-refractivity contribution is -0.115. The second-order valence-electron chi connectivity index (χ2n) is 6.86. The van der Waals surface area contributed by atoms with Crippen molar-refractivity contribution in [1.82, 2.24) is 10.2 Å². The van der Waals surface area contributed by atoms with Crippen molar-refractivity contribution in [1.29, 1.82) is 0 Å². The van der Waals surface area contributed by atoms with Gasteiger partial charge in [0.25, 0.3) is 0 Å². The highest BCUT2D eigenvalue weighted by atomic mass is 16.1. The second-order valence-corrected chi connectivity index (χ2v) is 6.86. The number of likely N-dealkylation sites (tertiary alicyclic amines) is 1. The molecule has 0 spiro atoms. The van der Waals surface area contributed by atoms with Gasteiger partial charge in [-0.3, -0.25) is 9.69 Å². The van der Waals surface area contributed by atoms with Gasteiger partial charge in [0.1, 0.15) is 5.66 Å². The van der Waals surface area contributed by atoms with E-state index >= 15 is 0 Å². The van der Waals surface area contributed by atoms with Crippen molar-refractivity contribution in [3.8, 4) is 0 Å². The minimum absolute atomic E-state index is 0.499. The van der Waals surface area contributed by atoms with Gasteiger partial charge in [0, 0.05) is 13.1 Å². The van der Waals surface area contributed by atoms with E-state index in [0.29, 0.717) is 12.3 Å². The van der Waals surface area contributed by atoms with Gasteiger partial charge in [-0.05, 0) is 49.7 Å². The van der Waals surface area contributed by atoms with Crippen molar-refractivity contribution < 1.29 is 4.79 Å². The number of hydrogen-bond acceptors (Lipinski definition) is 2. The van der Waals surface area contributed by atoms with Gasteiger partial charge in [0.2, 0.25) is 6.41 Å². The number of piperidine rings is 1. The molecule has 0 bridgehead atoms. The molecule has 2 aromatic rings. The van der Waals surface area contributed by atoms with Crippen molar-refractivity contribution in [2.24, 2.45) is 5.92 Å². The molecule has 1 N–H and O–H groups in total. The summed E-state index contributed by atoms with van der Waals surface area (Å²) in [6.07, 6.45) is 4.85. The lowest BCUT2D eigenvalue weighted by Crippen LogP contribution is -2.57. The predicted molar refractivity (Wildman–Crippen MR) is 102 cm³/mol. The molecule has 3 heteroatoms. The molecular weight excluding hydrogens is 308 g/mol. The van der Waals surface area contributed by atoms with E-state index in [2.05, 4.69) is 59.6 Å². The number of benzene rings is 2. The first-order valence-electron chi connectivity index (χ1n) is 9.13. The Bertz CT molecular complexity index is 650. The quantitative estimate of drug-likeness (QED) is 0.781. The Balaban J connectivity index is 1.71. The normalized spacial score (nSPS) is 18.4. The molecular formula is C22H27N2O. The Morgan fingerprint density at radius 1 is 1.04 bits per heavy atom. The van der Waals surface area contributed by atoms with Gasteiger partial charge in [-0.2, -0.15) is 0 Å². The van der Waals surface area contributed by atoms with Gasteiger partial charge < -0.3 is 5.32 Å². The first-order valence-corrected chi connectivity index (χ1v) is 9.13. The Kier molecular flexibility index (Phi) is 5.87. The number of nitrogens with one attached hydrogen (secondary N) is 1. The van der Waals surface area contributed by atoms with E-state index in [9.17, 15) is 4.79 Å². The maximum absolute atomic E-state index is 11.3. The van der Waals surface area contributed by atoms with E-state index in [-0.39, 0.29) is 0 Å². The highest BCUT2D eigenvalue weighted by molar-refractivity contribution is 5.49. The zero-order chi connectivity index (χ0) is 17.5. The largest absolute Gasteiger partial charge is 0.336 e. The highest BCUT2D eigenvalue weighted by Gasteiger charge is 2.38. The summed E-state index contributed by atoms with van der Waals surface area (Å²) < 4.78 is 0. The van der Waals surface area contributed by atoms with Crippen LogP contribution in [-0.4, -0.2) is 24.4 Å². The van der Waals surface area contributed by atoms with Crippen molar-refractivity contribution in [2.75, 3.05) is 13.1 Å². The van der Waals surface area contributed by atoms with E-state index < -0.39 is 5.66 Å². The molecule has 0 aliphatic carbocycles. The SMILES string of the molecule is [CH2]CC(NC=O)(c1ccccc1)N1CCC(Cc2ccccc2)CC1. The fraction of sp³-hybridized carbons (Fsp3) is 0.364. The predicted octanol–water partition coefficient (Wildman–Crippen LogP) is 3.76. The number of nitrogens with zero attached hydrogens (tertiary/aromatic N) is 1. The third-order valence-electron chi connectivity index (χ3n) is 5.43. The van der Waals surface area contributed by atoms with Crippen LogP contribution in [0.5, 0.6) is 0 Å². The van der Waals surface area contributed by atoms with Crippen LogP contribution in [0.15, 0.2) is 60.7 Å². The van der Waals surface area contributed by atoms with Crippen LogP contribution in [0.2, 0.25) is 0 Å². The summed E-state index contributed by atoms with van der Waals surface area (Å²) in [4.78, 5) is 13.7. The zero-order valence-electron chi connectivity index (χ0n) is 14.7. The number of hydrogen-bond donors (Lipinski definition) is 1. The summed E-state index contributed by atoms with van der Waals surface area (Å²) in [5, 5.41) is 3.08. The molecule has 0 saturated carbocycles. The maximum atomic E-state index is 11.3. The minimum atomic E-state index is -0.499. The molecule has 25 heavy (non-hydrogen) atoms. The van der Waals surface area contributed by atoms with Crippen molar-refractivity contribution in [3.05, 3.63) is 78.7 Å². The lowest BCUT2D eigenvalue weighted by Gasteiger charge is -2.46. The smallest absolute Gasteiger partial charge is 0.208 e.